The van der Waals surface area contributed by atoms with Crippen LogP contribution in [-0.2, 0) is 4.79 Å². The first kappa shape index (κ1) is 10.2. The largest absolute Gasteiger partial charge is 0.512 e. The number of aliphatic hydroxyl groups excluding tert-OH is 1. The van der Waals surface area contributed by atoms with Crippen LogP contribution in [0.3, 0.4) is 0 Å². The molecule has 0 saturated heterocycles. The van der Waals surface area contributed by atoms with Gasteiger partial charge in [0, 0.05) is 11.5 Å². The van der Waals surface area contributed by atoms with Crippen LogP contribution in [0.2, 0.25) is 0 Å². The second-order valence-electron chi connectivity index (χ2n) is 3.27. The lowest BCUT2D eigenvalue weighted by Gasteiger charge is -2.10. The molecule has 2 heteroatoms. The Morgan fingerprint density at radius 1 is 1.18 bits per heavy atom. The van der Waals surface area contributed by atoms with Gasteiger partial charge in [0.2, 0.25) is 0 Å². The molecule has 0 rings (SSSR count). The molecule has 0 unspecified atom stereocenters. The van der Waals surface area contributed by atoms with Crippen molar-refractivity contribution in [3.05, 3.63) is 11.3 Å². The van der Waals surface area contributed by atoms with E-state index in [1.807, 2.05) is 27.7 Å². The van der Waals surface area contributed by atoms with Crippen molar-refractivity contribution in [1.29, 1.82) is 0 Å². The van der Waals surface area contributed by atoms with Gasteiger partial charge in [0.05, 0.1) is 0 Å². The number of carbonyl (C=O) groups excluding carboxylic acids is 1. The molecule has 0 heterocycles. The van der Waals surface area contributed by atoms with Crippen molar-refractivity contribution < 1.29 is 9.90 Å². The molecule has 0 aromatic carbocycles. The van der Waals surface area contributed by atoms with E-state index in [9.17, 15) is 9.90 Å². The molecule has 0 saturated carbocycles. The topological polar surface area (TPSA) is 37.3 Å². The van der Waals surface area contributed by atoms with Crippen molar-refractivity contribution in [2.75, 3.05) is 0 Å². The van der Waals surface area contributed by atoms with E-state index in [4.69, 9.17) is 0 Å². The lowest BCUT2D eigenvalue weighted by atomic mass is 9.98. The zero-order valence-corrected chi connectivity index (χ0v) is 7.59. The van der Waals surface area contributed by atoms with Crippen LogP contribution in [-0.4, -0.2) is 11.4 Å². The van der Waals surface area contributed by atoms with E-state index in [1.165, 1.54) is 0 Å². The molecule has 1 N–H and O–H groups in total. The molecule has 64 valence electrons. The van der Waals surface area contributed by atoms with E-state index in [1.54, 1.807) is 0 Å². The molecular formula is C9H16O2. The van der Waals surface area contributed by atoms with Gasteiger partial charge in [-0.1, -0.05) is 27.7 Å². The van der Waals surface area contributed by atoms with Crippen molar-refractivity contribution in [1.82, 2.24) is 0 Å². The third-order valence-electron chi connectivity index (χ3n) is 1.59. The molecule has 0 fully saturated rings. The second-order valence-corrected chi connectivity index (χ2v) is 3.27. The monoisotopic (exact) mass is 156 g/mol. The van der Waals surface area contributed by atoms with Crippen molar-refractivity contribution in [3.8, 4) is 0 Å². The minimum atomic E-state index is 0.0394. The summed E-state index contributed by atoms with van der Waals surface area (Å²) in [6.45, 7) is 7.51. The van der Waals surface area contributed by atoms with E-state index in [0.717, 1.165) is 6.29 Å². The average molecular weight is 156 g/mol. The first-order valence-electron chi connectivity index (χ1n) is 3.88. The Kier molecular flexibility index (Phi) is 3.86. The minimum Gasteiger partial charge on any atom is -0.512 e. The van der Waals surface area contributed by atoms with E-state index in [-0.39, 0.29) is 17.6 Å². The quantitative estimate of drug-likeness (QED) is 0.387. The second kappa shape index (κ2) is 4.16. The molecule has 0 aliphatic heterocycles. The standard InChI is InChI=1S/C9H16O2/c1-6(2)8(5-10)9(11)7(3)4/h5-7,11H,1-4H3/b9-8+. The van der Waals surface area contributed by atoms with Crippen molar-refractivity contribution in [2.24, 2.45) is 11.8 Å². The molecule has 2 nitrogen and oxygen atoms in total. The lowest BCUT2D eigenvalue weighted by molar-refractivity contribution is -0.105. The number of carbonyl (C=O) groups is 1. The minimum absolute atomic E-state index is 0.0394. The lowest BCUT2D eigenvalue weighted by Crippen LogP contribution is -2.05. The fourth-order valence-corrected chi connectivity index (χ4v) is 0.826. The summed E-state index contributed by atoms with van der Waals surface area (Å²) in [7, 11) is 0. The fraction of sp³-hybridized carbons (Fsp3) is 0.667. The molecule has 0 spiro atoms. The molecule has 0 amide bonds. The summed E-state index contributed by atoms with van der Waals surface area (Å²) in [4.78, 5) is 10.5. The van der Waals surface area contributed by atoms with Gasteiger partial charge in [-0.15, -0.1) is 0 Å². The van der Waals surface area contributed by atoms with Crippen molar-refractivity contribution >= 4 is 6.29 Å². The summed E-state index contributed by atoms with van der Waals surface area (Å²) in [5.74, 6) is 0.363. The Balaban J connectivity index is 4.68. The maximum Gasteiger partial charge on any atom is 0.149 e. The molecule has 0 aromatic rings. The molecular weight excluding hydrogens is 140 g/mol. The Morgan fingerprint density at radius 2 is 1.64 bits per heavy atom. The first-order valence-corrected chi connectivity index (χ1v) is 3.88. The highest BCUT2D eigenvalue weighted by Crippen LogP contribution is 2.16. The summed E-state index contributed by atoms with van der Waals surface area (Å²) in [6, 6.07) is 0. The normalized spacial score (nSPS) is 13.6. The molecule has 0 aliphatic rings. The molecule has 0 atom stereocenters. The maximum absolute atomic E-state index is 10.5. The summed E-state index contributed by atoms with van der Waals surface area (Å²) in [5.41, 5.74) is 0.514. The third-order valence-corrected chi connectivity index (χ3v) is 1.59. The molecule has 0 aromatic heterocycles. The first-order chi connectivity index (χ1) is 5.00. The number of aldehydes is 1. The Labute approximate surface area is 67.9 Å². The van der Waals surface area contributed by atoms with Gasteiger partial charge in [0.15, 0.2) is 0 Å². The highest BCUT2D eigenvalue weighted by molar-refractivity contribution is 5.74. The maximum atomic E-state index is 10.5. The highest BCUT2D eigenvalue weighted by Gasteiger charge is 2.11. The van der Waals surface area contributed by atoms with E-state index in [0.29, 0.717) is 5.57 Å². The van der Waals surface area contributed by atoms with E-state index in [2.05, 4.69) is 0 Å². The van der Waals surface area contributed by atoms with Crippen LogP contribution in [0.4, 0.5) is 0 Å². The highest BCUT2D eigenvalue weighted by atomic mass is 16.3. The molecule has 0 radical (unpaired) electrons. The summed E-state index contributed by atoms with van der Waals surface area (Å²) < 4.78 is 0. The van der Waals surface area contributed by atoms with Gasteiger partial charge in [-0.3, -0.25) is 4.79 Å². The zero-order valence-electron chi connectivity index (χ0n) is 7.59. The summed E-state index contributed by atoms with van der Waals surface area (Å²) >= 11 is 0. The molecule has 0 aliphatic carbocycles. The Bertz CT molecular complexity index is 166. The zero-order chi connectivity index (χ0) is 9.02. The van der Waals surface area contributed by atoms with Gasteiger partial charge < -0.3 is 5.11 Å². The van der Waals surface area contributed by atoms with Crippen LogP contribution in [0.5, 0.6) is 0 Å². The van der Waals surface area contributed by atoms with Crippen molar-refractivity contribution in [3.63, 3.8) is 0 Å². The smallest absolute Gasteiger partial charge is 0.149 e. The fourth-order valence-electron chi connectivity index (χ4n) is 0.826. The Morgan fingerprint density at radius 3 is 1.73 bits per heavy atom. The van der Waals surface area contributed by atoms with Crippen LogP contribution in [0.25, 0.3) is 0 Å². The third kappa shape index (κ3) is 2.74. The summed E-state index contributed by atoms with van der Waals surface area (Å²) in [6.07, 6.45) is 0.736. The predicted molar refractivity (Wildman–Crippen MR) is 45.4 cm³/mol. The van der Waals surface area contributed by atoms with E-state index >= 15 is 0 Å². The van der Waals surface area contributed by atoms with Gasteiger partial charge in [-0.25, -0.2) is 0 Å². The number of aliphatic hydroxyl groups is 1. The number of allylic oxidation sites excluding steroid dienone is 2. The number of hydrogen-bond donors (Lipinski definition) is 1. The van der Waals surface area contributed by atoms with Crippen LogP contribution < -0.4 is 0 Å². The van der Waals surface area contributed by atoms with Gasteiger partial charge in [0.1, 0.15) is 12.0 Å². The van der Waals surface area contributed by atoms with Crippen LogP contribution in [0.15, 0.2) is 11.3 Å². The van der Waals surface area contributed by atoms with Gasteiger partial charge in [-0.05, 0) is 5.92 Å². The summed E-state index contributed by atoms with van der Waals surface area (Å²) in [5, 5.41) is 9.41. The SMILES string of the molecule is CC(C)/C(O)=C(/C=O)C(C)C. The van der Waals surface area contributed by atoms with Gasteiger partial charge in [0.25, 0.3) is 0 Å². The average Bonchev–Trinajstić information content (AvgIpc) is 1.88. The van der Waals surface area contributed by atoms with Crippen LogP contribution in [0, 0.1) is 11.8 Å². The Hall–Kier alpha value is -0.790. The van der Waals surface area contributed by atoms with Gasteiger partial charge >= 0.3 is 0 Å². The van der Waals surface area contributed by atoms with Crippen LogP contribution >= 0.6 is 0 Å². The van der Waals surface area contributed by atoms with Crippen molar-refractivity contribution in [2.45, 2.75) is 27.7 Å². The van der Waals surface area contributed by atoms with E-state index < -0.39 is 0 Å². The van der Waals surface area contributed by atoms with Crippen LogP contribution in [0.1, 0.15) is 27.7 Å². The number of hydrogen-bond acceptors (Lipinski definition) is 2. The molecule has 0 bridgehead atoms. The predicted octanol–water partition coefficient (Wildman–Crippen LogP) is 2.31. The molecule has 11 heavy (non-hydrogen) atoms. The van der Waals surface area contributed by atoms with Gasteiger partial charge in [-0.2, -0.15) is 0 Å². The number of rotatable bonds is 3.